The fourth-order valence-electron chi connectivity index (χ4n) is 2.63. The first-order chi connectivity index (χ1) is 12.1. The zero-order valence-corrected chi connectivity index (χ0v) is 14.8. The molecule has 1 N–H and O–H groups in total. The molecule has 1 aliphatic heterocycles. The second-order valence-corrected chi connectivity index (χ2v) is 6.17. The SMILES string of the molecule is CCCc1nc([C@H]2CN(C(=O)c3ccc(N(C)C)nn3)CCO2)n[nH]1. The van der Waals surface area contributed by atoms with Gasteiger partial charge in [0.2, 0.25) is 0 Å². The van der Waals surface area contributed by atoms with E-state index in [-0.39, 0.29) is 12.0 Å². The number of carbonyl (C=O) groups excluding carboxylic acids is 1. The molecular formula is C16H23N7O2. The van der Waals surface area contributed by atoms with Gasteiger partial charge in [0, 0.05) is 27.1 Å². The van der Waals surface area contributed by atoms with Gasteiger partial charge >= 0.3 is 0 Å². The van der Waals surface area contributed by atoms with Gasteiger partial charge < -0.3 is 14.5 Å². The van der Waals surface area contributed by atoms with Crippen molar-refractivity contribution in [2.24, 2.45) is 0 Å². The Morgan fingerprint density at radius 3 is 2.92 bits per heavy atom. The van der Waals surface area contributed by atoms with Crippen LogP contribution in [0.1, 0.15) is 41.6 Å². The molecule has 9 heteroatoms. The number of nitrogens with zero attached hydrogens (tertiary/aromatic N) is 6. The molecule has 1 fully saturated rings. The summed E-state index contributed by atoms with van der Waals surface area (Å²) in [5, 5.41) is 15.3. The normalized spacial score (nSPS) is 17.6. The third-order valence-electron chi connectivity index (χ3n) is 4.01. The molecule has 2 aromatic heterocycles. The Balaban J connectivity index is 1.68. The van der Waals surface area contributed by atoms with Gasteiger partial charge in [-0.2, -0.15) is 5.10 Å². The van der Waals surface area contributed by atoms with Crippen molar-refractivity contribution in [3.05, 3.63) is 29.5 Å². The number of H-pyrrole nitrogens is 1. The van der Waals surface area contributed by atoms with Crippen LogP contribution in [-0.2, 0) is 11.2 Å². The summed E-state index contributed by atoms with van der Waals surface area (Å²) in [4.78, 5) is 20.7. The molecule has 0 aromatic carbocycles. The largest absolute Gasteiger partial charge is 0.366 e. The summed E-state index contributed by atoms with van der Waals surface area (Å²) in [5.41, 5.74) is 0.327. The van der Waals surface area contributed by atoms with Crippen LogP contribution >= 0.6 is 0 Å². The molecule has 0 aliphatic carbocycles. The predicted molar refractivity (Wildman–Crippen MR) is 91.3 cm³/mol. The number of amides is 1. The first kappa shape index (κ1) is 17.3. The van der Waals surface area contributed by atoms with E-state index in [0.717, 1.165) is 18.7 Å². The van der Waals surface area contributed by atoms with Crippen LogP contribution in [0.3, 0.4) is 0 Å². The molecule has 0 unspecified atom stereocenters. The van der Waals surface area contributed by atoms with Crippen LogP contribution in [0.15, 0.2) is 12.1 Å². The quantitative estimate of drug-likeness (QED) is 0.856. The number of hydrogen-bond acceptors (Lipinski definition) is 7. The highest BCUT2D eigenvalue weighted by atomic mass is 16.5. The molecule has 1 saturated heterocycles. The molecule has 2 aromatic rings. The Hall–Kier alpha value is -2.55. The maximum absolute atomic E-state index is 12.7. The number of morpholine rings is 1. The van der Waals surface area contributed by atoms with Crippen molar-refractivity contribution < 1.29 is 9.53 Å². The average Bonchev–Trinajstić information content (AvgIpc) is 3.10. The van der Waals surface area contributed by atoms with Gasteiger partial charge in [-0.1, -0.05) is 6.92 Å². The van der Waals surface area contributed by atoms with Gasteiger partial charge in [0.1, 0.15) is 11.9 Å². The van der Waals surface area contributed by atoms with E-state index >= 15 is 0 Å². The van der Waals surface area contributed by atoms with Gasteiger partial charge in [-0.15, -0.1) is 10.2 Å². The molecule has 3 rings (SSSR count). The molecule has 0 bridgehead atoms. The van der Waals surface area contributed by atoms with Crippen molar-refractivity contribution in [2.45, 2.75) is 25.9 Å². The Kier molecular flexibility index (Phi) is 5.22. The van der Waals surface area contributed by atoms with Crippen molar-refractivity contribution >= 4 is 11.7 Å². The number of anilines is 1. The summed E-state index contributed by atoms with van der Waals surface area (Å²) < 4.78 is 5.74. The van der Waals surface area contributed by atoms with Gasteiger partial charge in [0.05, 0.1) is 13.2 Å². The molecule has 0 spiro atoms. The van der Waals surface area contributed by atoms with E-state index in [1.54, 1.807) is 17.0 Å². The Morgan fingerprint density at radius 1 is 1.40 bits per heavy atom. The van der Waals surface area contributed by atoms with Gasteiger partial charge in [-0.3, -0.25) is 9.89 Å². The lowest BCUT2D eigenvalue weighted by molar-refractivity contribution is -0.0269. The smallest absolute Gasteiger partial charge is 0.274 e. The van der Waals surface area contributed by atoms with Gasteiger partial charge in [0.15, 0.2) is 17.3 Å². The maximum atomic E-state index is 12.7. The minimum atomic E-state index is -0.325. The highest BCUT2D eigenvalue weighted by Gasteiger charge is 2.29. The lowest BCUT2D eigenvalue weighted by Gasteiger charge is -2.31. The summed E-state index contributed by atoms with van der Waals surface area (Å²) in [6.45, 7) is 3.44. The lowest BCUT2D eigenvalue weighted by Crippen LogP contribution is -2.43. The summed E-state index contributed by atoms with van der Waals surface area (Å²) in [7, 11) is 3.75. The van der Waals surface area contributed by atoms with Crippen LogP contribution < -0.4 is 4.90 Å². The molecule has 25 heavy (non-hydrogen) atoms. The Labute approximate surface area is 146 Å². The van der Waals surface area contributed by atoms with Crippen LogP contribution in [0.4, 0.5) is 5.82 Å². The van der Waals surface area contributed by atoms with E-state index in [4.69, 9.17) is 4.74 Å². The van der Waals surface area contributed by atoms with Crippen molar-refractivity contribution in [2.75, 3.05) is 38.7 Å². The lowest BCUT2D eigenvalue weighted by atomic mass is 10.2. The van der Waals surface area contributed by atoms with Crippen molar-refractivity contribution in [1.29, 1.82) is 0 Å². The third-order valence-corrected chi connectivity index (χ3v) is 4.01. The van der Waals surface area contributed by atoms with Crippen LogP contribution in [-0.4, -0.2) is 70.0 Å². The van der Waals surface area contributed by atoms with Crippen LogP contribution in [0.5, 0.6) is 0 Å². The molecule has 134 valence electrons. The highest BCUT2D eigenvalue weighted by molar-refractivity contribution is 5.92. The van der Waals surface area contributed by atoms with Crippen molar-refractivity contribution in [3.63, 3.8) is 0 Å². The summed E-state index contributed by atoms with van der Waals surface area (Å²) in [5.74, 6) is 1.99. The molecule has 1 amide bonds. The van der Waals surface area contributed by atoms with E-state index in [1.165, 1.54) is 0 Å². The minimum absolute atomic E-state index is 0.157. The highest BCUT2D eigenvalue weighted by Crippen LogP contribution is 2.20. The van der Waals surface area contributed by atoms with E-state index in [9.17, 15) is 4.79 Å². The number of nitrogens with one attached hydrogen (secondary N) is 1. The van der Waals surface area contributed by atoms with Crippen LogP contribution in [0.25, 0.3) is 0 Å². The van der Waals surface area contributed by atoms with Gasteiger partial charge in [-0.05, 0) is 18.6 Å². The first-order valence-corrected chi connectivity index (χ1v) is 8.41. The number of ether oxygens (including phenoxy) is 1. The van der Waals surface area contributed by atoms with Crippen molar-refractivity contribution in [1.82, 2.24) is 30.3 Å². The number of rotatable bonds is 5. The number of aryl methyl sites for hydroxylation is 1. The fourth-order valence-corrected chi connectivity index (χ4v) is 2.63. The standard InChI is InChI=1S/C16H23N7O2/c1-4-5-13-17-15(21-19-13)12-10-23(8-9-25-12)16(24)11-6-7-14(20-18-11)22(2)3/h6-7,12H,4-5,8-10H2,1-3H3,(H,17,19,21)/t12-/m1/s1. The molecule has 3 heterocycles. The first-order valence-electron chi connectivity index (χ1n) is 8.41. The molecule has 0 saturated carbocycles. The third kappa shape index (κ3) is 3.93. The fraction of sp³-hybridized carbons (Fsp3) is 0.562. The topological polar surface area (TPSA) is 100 Å². The molecule has 1 aliphatic rings. The number of aromatic amines is 1. The summed E-state index contributed by atoms with van der Waals surface area (Å²) >= 11 is 0. The Morgan fingerprint density at radius 2 is 2.24 bits per heavy atom. The summed E-state index contributed by atoms with van der Waals surface area (Å²) in [6, 6.07) is 3.48. The van der Waals surface area contributed by atoms with Crippen LogP contribution in [0.2, 0.25) is 0 Å². The van der Waals surface area contributed by atoms with Crippen LogP contribution in [0, 0.1) is 0 Å². The average molecular weight is 345 g/mol. The summed E-state index contributed by atoms with van der Waals surface area (Å²) in [6.07, 6.45) is 1.51. The number of carbonyl (C=O) groups is 1. The molecule has 1 atom stereocenters. The van der Waals surface area contributed by atoms with Crippen molar-refractivity contribution in [3.8, 4) is 0 Å². The van der Waals surface area contributed by atoms with E-state index in [1.807, 2.05) is 19.0 Å². The Bertz CT molecular complexity index is 714. The van der Waals surface area contributed by atoms with E-state index in [2.05, 4.69) is 32.3 Å². The second kappa shape index (κ2) is 7.56. The maximum Gasteiger partial charge on any atom is 0.274 e. The zero-order chi connectivity index (χ0) is 17.8. The minimum Gasteiger partial charge on any atom is -0.366 e. The zero-order valence-electron chi connectivity index (χ0n) is 14.8. The molecular weight excluding hydrogens is 322 g/mol. The van der Waals surface area contributed by atoms with Gasteiger partial charge in [0.25, 0.3) is 5.91 Å². The number of aromatic nitrogens is 5. The monoisotopic (exact) mass is 345 g/mol. The van der Waals surface area contributed by atoms with E-state index in [0.29, 0.717) is 37.0 Å². The molecule has 0 radical (unpaired) electrons. The predicted octanol–water partition coefficient (Wildman–Crippen LogP) is 0.827. The van der Waals surface area contributed by atoms with E-state index < -0.39 is 0 Å². The second-order valence-electron chi connectivity index (χ2n) is 6.17. The molecule has 9 nitrogen and oxygen atoms in total. The van der Waals surface area contributed by atoms with Gasteiger partial charge in [-0.25, -0.2) is 4.98 Å². The number of hydrogen-bond donors (Lipinski definition) is 1.